The molecule has 26 nitrogen and oxygen atoms in total. The minimum Gasteiger partial charge on any atom is -0.505 e. The summed E-state index contributed by atoms with van der Waals surface area (Å²) in [6.45, 7) is -1.48. The number of azo groups is 3. The number of phenolic OH excluding ortho intramolecular Hbond substituents is 1. The summed E-state index contributed by atoms with van der Waals surface area (Å²) in [7, 11) is -8.08. The summed E-state index contributed by atoms with van der Waals surface area (Å²) >= 11 is 0.368. The number of aromatic amines is 1. The van der Waals surface area contributed by atoms with Crippen molar-refractivity contribution in [3.05, 3.63) is 94.9 Å². The Labute approximate surface area is 374 Å². The maximum Gasteiger partial charge on any atom is 0.356 e. The molecular weight excluding hydrogens is 941 g/mol. The molecule has 6 rings (SSSR count). The number of ether oxygens (including phenoxy) is 3. The highest BCUT2D eigenvalue weighted by Crippen LogP contribution is 2.47. The van der Waals surface area contributed by atoms with Crippen molar-refractivity contribution in [2.75, 3.05) is 33.5 Å². The molecule has 8 N–H and O–H groups in total. The fourth-order valence-corrected chi connectivity index (χ4v) is 7.31. The van der Waals surface area contributed by atoms with E-state index in [0.29, 0.717) is 12.0 Å². The zero-order valence-electron chi connectivity index (χ0n) is 33.3. The van der Waals surface area contributed by atoms with Gasteiger partial charge in [-0.25, -0.2) is 14.7 Å². The fraction of sp³-hybridized carbons (Fsp3) is 0.135. The van der Waals surface area contributed by atoms with Crippen molar-refractivity contribution in [2.24, 2.45) is 30.7 Å². The van der Waals surface area contributed by atoms with Gasteiger partial charge in [-0.1, -0.05) is 5.04 Å². The molecule has 0 saturated heterocycles. The lowest BCUT2D eigenvalue weighted by molar-refractivity contribution is -0.432. The standard InChI is InChI=1S/C37H32N8O18S3/c1-59-22-5-9-25(31(16-22)66(56,57)58)39-40-26-17-29(61-13-11-47)27(18-28(26)60-12-10-46)41-42-32-30(64-63-62-52)15-19-14-20(2-8-24(19)35(32)48)38-43-33-34(37(50)51)44-45(36(33)49)21-3-6-23(7-4-21)65(53,54)55/h2-9,14-18,44,46-48,52H,10-13H2,1H3,(H,50,51)(H,53,54,55)(H,56,57,58). The number of H-pyrrole nitrogens is 1. The van der Waals surface area contributed by atoms with Crippen LogP contribution in [0.1, 0.15) is 10.5 Å². The van der Waals surface area contributed by atoms with Gasteiger partial charge in [-0.05, 0) is 66.0 Å². The van der Waals surface area contributed by atoms with Gasteiger partial charge < -0.3 is 34.6 Å². The molecule has 66 heavy (non-hydrogen) atoms. The number of benzene rings is 5. The lowest BCUT2D eigenvalue weighted by Crippen LogP contribution is -2.14. The van der Waals surface area contributed by atoms with Crippen molar-refractivity contribution in [2.45, 2.75) is 14.7 Å². The third-order valence-electron chi connectivity index (χ3n) is 8.63. The van der Waals surface area contributed by atoms with Crippen LogP contribution in [0, 0.1) is 0 Å². The number of phenols is 1. The van der Waals surface area contributed by atoms with Crippen molar-refractivity contribution in [1.29, 1.82) is 0 Å². The maximum absolute atomic E-state index is 13.3. The van der Waals surface area contributed by atoms with E-state index in [0.717, 1.165) is 35.0 Å². The molecule has 6 aromatic rings. The van der Waals surface area contributed by atoms with Gasteiger partial charge in [-0.15, -0.1) is 29.9 Å². The highest BCUT2D eigenvalue weighted by molar-refractivity contribution is 7.94. The molecule has 0 bridgehead atoms. The lowest BCUT2D eigenvalue weighted by atomic mass is 10.1. The normalized spacial score (nSPS) is 12.2. The Hall–Kier alpha value is -7.19. The average Bonchev–Trinajstić information content (AvgIpc) is 3.63. The lowest BCUT2D eigenvalue weighted by Gasteiger charge is -2.13. The predicted octanol–water partition coefficient (Wildman–Crippen LogP) is 6.64. The number of aromatic carboxylic acids is 1. The van der Waals surface area contributed by atoms with E-state index in [9.17, 15) is 56.0 Å². The molecule has 1 heterocycles. The first kappa shape index (κ1) is 48.3. The summed E-state index contributed by atoms with van der Waals surface area (Å²) in [4.78, 5) is 24.2. The van der Waals surface area contributed by atoms with Gasteiger partial charge in [0.15, 0.2) is 17.1 Å². The van der Waals surface area contributed by atoms with E-state index in [4.69, 9.17) is 19.5 Å². The molecule has 1 aromatic heterocycles. The topological polar surface area (TPSA) is 385 Å². The highest BCUT2D eigenvalue weighted by atomic mass is 32.2. The molecular formula is C37H32N8O18S3. The summed E-state index contributed by atoms with van der Waals surface area (Å²) in [5, 5.41) is 80.0. The minimum absolute atomic E-state index is 0.00245. The van der Waals surface area contributed by atoms with Gasteiger partial charge in [0.2, 0.25) is 0 Å². The Morgan fingerprint density at radius 2 is 1.38 bits per heavy atom. The van der Waals surface area contributed by atoms with Crippen molar-refractivity contribution in [3.63, 3.8) is 0 Å². The zero-order chi connectivity index (χ0) is 47.8. The molecule has 0 radical (unpaired) electrons. The van der Waals surface area contributed by atoms with Crippen LogP contribution in [0.15, 0.2) is 129 Å². The average molecular weight is 973 g/mol. The van der Waals surface area contributed by atoms with E-state index < -0.39 is 71.9 Å². The number of carbonyl (C=O) groups is 1. The van der Waals surface area contributed by atoms with Gasteiger partial charge in [0.25, 0.3) is 25.8 Å². The highest BCUT2D eigenvalue weighted by Gasteiger charge is 2.23. The third-order valence-corrected chi connectivity index (χ3v) is 11.0. The molecule has 29 heteroatoms. The first-order valence-electron chi connectivity index (χ1n) is 18.1. The first-order chi connectivity index (χ1) is 31.5. The van der Waals surface area contributed by atoms with Crippen LogP contribution in [-0.4, -0.2) is 101 Å². The number of hydrogen-bond donors (Lipinski definition) is 8. The molecule has 0 spiro atoms. The number of carboxylic acid groups (broad SMARTS) is 1. The molecule has 5 aromatic carbocycles. The number of aromatic nitrogens is 2. The number of hydrogen-bond acceptors (Lipinski definition) is 22. The number of carboxylic acids is 1. The van der Waals surface area contributed by atoms with Crippen molar-refractivity contribution < 1.29 is 80.0 Å². The molecule has 0 fully saturated rings. The third kappa shape index (κ3) is 11.2. The number of methoxy groups -OCH3 is 1. The van der Waals surface area contributed by atoms with Gasteiger partial charge in [-0.2, -0.15) is 21.9 Å². The molecule has 0 unspecified atom stereocenters. The number of fused-ring (bicyclic) bond motifs is 1. The van der Waals surface area contributed by atoms with E-state index in [2.05, 4.69) is 45.2 Å². The van der Waals surface area contributed by atoms with E-state index in [1.165, 1.54) is 55.6 Å². The summed E-state index contributed by atoms with van der Waals surface area (Å²) in [5.74, 6) is -2.20. The maximum atomic E-state index is 13.3. The molecule has 346 valence electrons. The van der Waals surface area contributed by atoms with Gasteiger partial charge in [0.05, 0.1) is 53.5 Å². The Morgan fingerprint density at radius 1 is 0.758 bits per heavy atom. The van der Waals surface area contributed by atoms with Gasteiger partial charge in [0, 0.05) is 23.6 Å². The van der Waals surface area contributed by atoms with E-state index in [1.54, 1.807) is 0 Å². The van der Waals surface area contributed by atoms with E-state index in [1.807, 2.05) is 0 Å². The molecule has 0 saturated carbocycles. The predicted molar refractivity (Wildman–Crippen MR) is 226 cm³/mol. The van der Waals surface area contributed by atoms with Crippen LogP contribution in [0.25, 0.3) is 16.5 Å². The molecule has 0 amide bonds. The Bertz CT molecular complexity index is 3180. The zero-order valence-corrected chi connectivity index (χ0v) is 35.8. The molecule has 0 atom stereocenters. The van der Waals surface area contributed by atoms with E-state index >= 15 is 0 Å². The molecule has 0 aliphatic rings. The second kappa shape index (κ2) is 20.8. The van der Waals surface area contributed by atoms with Crippen LogP contribution in [0.3, 0.4) is 0 Å². The molecule has 0 aliphatic carbocycles. The van der Waals surface area contributed by atoms with Gasteiger partial charge in [0.1, 0.15) is 58.1 Å². The minimum atomic E-state index is -4.80. The second-order valence-electron chi connectivity index (χ2n) is 12.8. The summed E-state index contributed by atoms with van der Waals surface area (Å²) in [6, 6.07) is 15.8. The van der Waals surface area contributed by atoms with E-state index in [-0.39, 0.29) is 80.3 Å². The van der Waals surface area contributed by atoms with Crippen LogP contribution in [0.2, 0.25) is 0 Å². The summed E-state index contributed by atoms with van der Waals surface area (Å²) in [5.41, 5.74) is -3.04. The summed E-state index contributed by atoms with van der Waals surface area (Å²) in [6.07, 6.45) is 0. The number of rotatable bonds is 20. The smallest absolute Gasteiger partial charge is 0.356 e. The summed E-state index contributed by atoms with van der Waals surface area (Å²) < 4.78 is 87.8. The first-order valence-corrected chi connectivity index (χ1v) is 21.8. The van der Waals surface area contributed by atoms with Crippen LogP contribution in [0.4, 0.5) is 34.1 Å². The molecule has 0 aliphatic heterocycles. The van der Waals surface area contributed by atoms with Crippen LogP contribution in [-0.2, 0) is 29.6 Å². The van der Waals surface area contributed by atoms with Crippen molar-refractivity contribution in [1.82, 2.24) is 9.78 Å². The Morgan fingerprint density at radius 3 is 1.95 bits per heavy atom. The monoisotopic (exact) mass is 972 g/mol. The number of nitrogens with zero attached hydrogens (tertiary/aromatic N) is 7. The number of aliphatic hydroxyl groups excluding tert-OH is 2. The SMILES string of the molecule is COc1ccc(N=Nc2cc(OCCO)c(N=Nc3c(SOOO)cc4cc(N=Nc5c(C(=O)O)[nH]n(-c6ccc(S(=O)(=O)O)cc6)c5=O)ccc4c3O)cc2OCCO)c(S(=O)(=O)O)c1. The van der Waals surface area contributed by atoms with Crippen molar-refractivity contribution >= 4 is 83.1 Å². The Kier molecular flexibility index (Phi) is 15.2. The number of aliphatic hydroxyl groups is 2. The van der Waals surface area contributed by atoms with Gasteiger partial charge >= 0.3 is 5.97 Å². The number of aromatic hydroxyl groups is 1. The fourth-order valence-electron chi connectivity index (χ4n) is 5.70. The van der Waals surface area contributed by atoms with Crippen LogP contribution < -0.4 is 19.8 Å². The Balaban J connectivity index is 1.38. The second-order valence-corrected chi connectivity index (χ2v) is 16.3. The van der Waals surface area contributed by atoms with Crippen LogP contribution >= 0.6 is 12.0 Å². The largest absolute Gasteiger partial charge is 0.505 e. The van der Waals surface area contributed by atoms with Crippen LogP contribution in [0.5, 0.6) is 23.0 Å². The number of nitrogens with one attached hydrogen (secondary N) is 1. The quantitative estimate of drug-likeness (QED) is 0.0131. The van der Waals surface area contributed by atoms with Gasteiger partial charge in [-0.3, -0.25) is 19.0 Å². The van der Waals surface area contributed by atoms with Crippen molar-refractivity contribution in [3.8, 4) is 28.7 Å².